The lowest BCUT2D eigenvalue weighted by Crippen LogP contribution is -2.34. The van der Waals surface area contributed by atoms with Crippen LogP contribution in [0.25, 0.3) is 0 Å². The van der Waals surface area contributed by atoms with E-state index in [0.29, 0.717) is 13.0 Å². The molecule has 0 aliphatic carbocycles. The van der Waals surface area contributed by atoms with Crippen molar-refractivity contribution in [3.8, 4) is 0 Å². The van der Waals surface area contributed by atoms with Gasteiger partial charge in [0.25, 0.3) is 0 Å². The molecule has 4 nitrogen and oxygen atoms in total. The van der Waals surface area contributed by atoms with Gasteiger partial charge in [-0.2, -0.15) is 0 Å². The van der Waals surface area contributed by atoms with Gasteiger partial charge in [-0.3, -0.25) is 4.99 Å². The van der Waals surface area contributed by atoms with Crippen LogP contribution in [0.5, 0.6) is 0 Å². The maximum absolute atomic E-state index is 8.58. The van der Waals surface area contributed by atoms with Crippen molar-refractivity contribution in [3.63, 3.8) is 0 Å². The zero-order valence-corrected chi connectivity index (χ0v) is 7.91. The highest BCUT2D eigenvalue weighted by Gasteiger charge is 2.25. The zero-order valence-electron chi connectivity index (χ0n) is 6.91. The Morgan fingerprint density at radius 3 is 2.18 bits per heavy atom. The molecule has 5 heteroatoms. The lowest BCUT2D eigenvalue weighted by atomic mass is 10.4. The SMILES string of the molecule is CC(C)=NCCC[Si](O)(O)O. The molecule has 11 heavy (non-hydrogen) atoms. The van der Waals surface area contributed by atoms with Gasteiger partial charge < -0.3 is 14.4 Å². The molecule has 0 bridgehead atoms. The Kier molecular flexibility index (Phi) is 4.51. The van der Waals surface area contributed by atoms with Crippen LogP contribution >= 0.6 is 0 Å². The van der Waals surface area contributed by atoms with E-state index in [9.17, 15) is 0 Å². The van der Waals surface area contributed by atoms with Gasteiger partial charge in [0.15, 0.2) is 0 Å². The maximum Gasteiger partial charge on any atom is 0.492 e. The summed E-state index contributed by atoms with van der Waals surface area (Å²) in [6, 6.07) is 0.0732. The van der Waals surface area contributed by atoms with E-state index in [-0.39, 0.29) is 6.04 Å². The van der Waals surface area contributed by atoms with Crippen molar-refractivity contribution in [1.29, 1.82) is 0 Å². The third-order valence-electron chi connectivity index (χ3n) is 1.10. The van der Waals surface area contributed by atoms with Crippen LogP contribution in [0, 0.1) is 0 Å². The van der Waals surface area contributed by atoms with Crippen LogP contribution < -0.4 is 0 Å². The van der Waals surface area contributed by atoms with Crippen molar-refractivity contribution in [2.45, 2.75) is 26.3 Å². The first-order valence-electron chi connectivity index (χ1n) is 3.56. The molecule has 3 N–H and O–H groups in total. The van der Waals surface area contributed by atoms with Crippen molar-refractivity contribution in [3.05, 3.63) is 0 Å². The first-order valence-corrected chi connectivity index (χ1v) is 5.61. The molecule has 0 saturated carbocycles. The summed E-state index contributed by atoms with van der Waals surface area (Å²) >= 11 is 0. The molecule has 0 saturated heterocycles. The van der Waals surface area contributed by atoms with Crippen molar-refractivity contribution >= 4 is 14.5 Å². The highest BCUT2D eigenvalue weighted by molar-refractivity contribution is 6.56. The largest absolute Gasteiger partial charge is 0.492 e. The molecular weight excluding hydrogens is 162 g/mol. The molecule has 0 radical (unpaired) electrons. The fourth-order valence-electron chi connectivity index (χ4n) is 0.619. The molecule has 0 aliphatic rings. The van der Waals surface area contributed by atoms with Crippen molar-refractivity contribution in [2.75, 3.05) is 6.54 Å². The maximum atomic E-state index is 8.58. The molecular formula is C6H15NO3Si. The van der Waals surface area contributed by atoms with E-state index in [1.807, 2.05) is 13.8 Å². The Bertz CT molecular complexity index is 137. The van der Waals surface area contributed by atoms with Crippen LogP contribution in [0.3, 0.4) is 0 Å². The first-order chi connectivity index (χ1) is 4.92. The van der Waals surface area contributed by atoms with Crippen LogP contribution in [0.15, 0.2) is 4.99 Å². The van der Waals surface area contributed by atoms with Gasteiger partial charge in [0.1, 0.15) is 0 Å². The molecule has 0 amide bonds. The fraction of sp³-hybridized carbons (Fsp3) is 0.833. The average Bonchev–Trinajstić information content (AvgIpc) is 1.78. The molecule has 0 aromatic heterocycles. The van der Waals surface area contributed by atoms with Crippen LogP contribution in [0.2, 0.25) is 6.04 Å². The average molecular weight is 177 g/mol. The summed E-state index contributed by atoms with van der Waals surface area (Å²) in [4.78, 5) is 29.8. The molecule has 66 valence electrons. The van der Waals surface area contributed by atoms with Crippen LogP contribution in [-0.2, 0) is 0 Å². The quantitative estimate of drug-likeness (QED) is 0.315. The van der Waals surface area contributed by atoms with Crippen LogP contribution in [-0.4, -0.2) is 35.4 Å². The van der Waals surface area contributed by atoms with Gasteiger partial charge in [-0.05, 0) is 20.3 Å². The van der Waals surface area contributed by atoms with Gasteiger partial charge in [0, 0.05) is 18.3 Å². The molecule has 0 atom stereocenters. The van der Waals surface area contributed by atoms with Crippen LogP contribution in [0.1, 0.15) is 20.3 Å². The summed E-state index contributed by atoms with van der Waals surface area (Å²) in [5.41, 5.74) is 0.964. The van der Waals surface area contributed by atoms with E-state index in [0.717, 1.165) is 5.71 Å². The topological polar surface area (TPSA) is 73.1 Å². The van der Waals surface area contributed by atoms with Crippen molar-refractivity contribution < 1.29 is 14.4 Å². The van der Waals surface area contributed by atoms with E-state index in [4.69, 9.17) is 14.4 Å². The first kappa shape index (κ1) is 10.8. The Morgan fingerprint density at radius 1 is 1.27 bits per heavy atom. The second-order valence-electron chi connectivity index (χ2n) is 2.71. The van der Waals surface area contributed by atoms with Gasteiger partial charge in [-0.1, -0.05) is 0 Å². The summed E-state index contributed by atoms with van der Waals surface area (Å²) < 4.78 is 0. The highest BCUT2D eigenvalue weighted by atomic mass is 28.4. The van der Waals surface area contributed by atoms with E-state index in [2.05, 4.69) is 4.99 Å². The Hall–Kier alpha value is -0.233. The molecule has 0 spiro atoms. The second-order valence-corrected chi connectivity index (χ2v) is 4.76. The molecule has 0 aromatic carbocycles. The minimum absolute atomic E-state index is 0.0732. The van der Waals surface area contributed by atoms with Gasteiger partial charge in [0.05, 0.1) is 0 Å². The predicted molar refractivity (Wildman–Crippen MR) is 45.5 cm³/mol. The summed E-state index contributed by atoms with van der Waals surface area (Å²) in [7, 11) is -3.80. The molecule has 0 heterocycles. The van der Waals surface area contributed by atoms with Gasteiger partial charge >= 0.3 is 8.80 Å². The smallest absolute Gasteiger partial charge is 0.390 e. The van der Waals surface area contributed by atoms with Crippen LogP contribution in [0.4, 0.5) is 0 Å². The molecule has 0 fully saturated rings. The number of aliphatic imine (C=N–C) groups is 1. The number of hydrogen-bond donors (Lipinski definition) is 3. The Labute approximate surface area is 67.6 Å². The van der Waals surface area contributed by atoms with E-state index in [1.54, 1.807) is 0 Å². The number of nitrogens with zero attached hydrogens (tertiary/aromatic N) is 1. The zero-order chi connectivity index (χ0) is 8.91. The van der Waals surface area contributed by atoms with E-state index < -0.39 is 8.80 Å². The third-order valence-corrected chi connectivity index (χ3v) is 2.12. The Balaban J connectivity index is 3.36. The predicted octanol–water partition coefficient (Wildman–Crippen LogP) is -0.227. The third kappa shape index (κ3) is 9.77. The summed E-state index contributed by atoms with van der Waals surface area (Å²) in [6.07, 6.45) is 0.529. The molecule has 0 rings (SSSR count). The van der Waals surface area contributed by atoms with Crippen molar-refractivity contribution in [1.82, 2.24) is 0 Å². The summed E-state index contributed by atoms with van der Waals surface area (Å²) in [6.45, 7) is 4.31. The van der Waals surface area contributed by atoms with E-state index in [1.165, 1.54) is 0 Å². The number of rotatable bonds is 4. The summed E-state index contributed by atoms with van der Waals surface area (Å²) in [5, 5.41) is 0. The van der Waals surface area contributed by atoms with Gasteiger partial charge in [-0.15, -0.1) is 0 Å². The standard InChI is InChI=1S/C6H15NO3Si/c1-6(2)7-4-3-5-11(8,9)10/h8-10H,3-5H2,1-2H3. The lowest BCUT2D eigenvalue weighted by molar-refractivity contribution is 0.227. The van der Waals surface area contributed by atoms with Crippen molar-refractivity contribution in [2.24, 2.45) is 4.99 Å². The molecule has 0 aromatic rings. The normalized spacial score (nSPS) is 11.4. The fourth-order valence-corrected chi connectivity index (χ4v) is 1.25. The highest BCUT2D eigenvalue weighted by Crippen LogP contribution is 2.00. The lowest BCUT2D eigenvalue weighted by Gasteiger charge is -2.06. The summed E-state index contributed by atoms with van der Waals surface area (Å²) in [5.74, 6) is 0. The number of hydrogen-bond acceptors (Lipinski definition) is 4. The Morgan fingerprint density at radius 2 is 1.82 bits per heavy atom. The van der Waals surface area contributed by atoms with Gasteiger partial charge in [-0.25, -0.2) is 0 Å². The second kappa shape index (κ2) is 4.61. The minimum atomic E-state index is -3.80. The van der Waals surface area contributed by atoms with Gasteiger partial charge in [0.2, 0.25) is 0 Å². The molecule has 0 unspecified atom stereocenters. The monoisotopic (exact) mass is 177 g/mol. The molecule has 0 aliphatic heterocycles. The van der Waals surface area contributed by atoms with E-state index >= 15 is 0 Å². The minimum Gasteiger partial charge on any atom is -0.390 e.